The second-order valence-corrected chi connectivity index (χ2v) is 12.1. The molecule has 4 unspecified atom stereocenters. The highest BCUT2D eigenvalue weighted by atomic mass is 17.3. The van der Waals surface area contributed by atoms with Gasteiger partial charge in [-0.3, -0.25) is 9.69 Å². The fraction of sp³-hybridized carbons (Fsp3) is 0.960. The van der Waals surface area contributed by atoms with Crippen molar-refractivity contribution in [3.05, 3.63) is 0 Å². The number of hydrogen-bond donors (Lipinski definition) is 1. The quantitative estimate of drug-likeness (QED) is 0.670. The third-order valence-corrected chi connectivity index (χ3v) is 10.9. The third-order valence-electron chi connectivity index (χ3n) is 10.9. The van der Waals surface area contributed by atoms with E-state index in [4.69, 9.17) is 19.6 Å². The summed E-state index contributed by atoms with van der Waals surface area (Å²) in [5, 5.41) is 9.10. The third kappa shape index (κ3) is 2.81. The first-order valence-electron chi connectivity index (χ1n) is 13.2. The van der Waals surface area contributed by atoms with E-state index in [9.17, 15) is 4.79 Å². The van der Waals surface area contributed by atoms with E-state index >= 15 is 0 Å². The van der Waals surface area contributed by atoms with Crippen LogP contribution in [0.4, 0.5) is 0 Å². The van der Waals surface area contributed by atoms with E-state index in [0.717, 1.165) is 63.7 Å². The van der Waals surface area contributed by atoms with Crippen molar-refractivity contribution < 1.29 is 24.4 Å². The van der Waals surface area contributed by atoms with Gasteiger partial charge in [-0.05, 0) is 68.1 Å². The summed E-state index contributed by atoms with van der Waals surface area (Å²) in [5.41, 5.74) is 0.644. The maximum atomic E-state index is 12.9. The number of β-amino-alcohol motifs (C(OH)–C–C–N with tert-alkyl or cyclic N) is 1. The molecule has 0 radical (unpaired) electrons. The molecule has 1 amide bonds. The fourth-order valence-electron chi connectivity index (χ4n) is 9.13. The van der Waals surface area contributed by atoms with E-state index in [2.05, 4.69) is 4.90 Å². The number of aliphatic hydroxyl groups is 1. The molecule has 0 aromatic heterocycles. The second kappa shape index (κ2) is 7.14. The van der Waals surface area contributed by atoms with E-state index in [0.29, 0.717) is 36.1 Å². The average molecular weight is 447 g/mol. The molecule has 5 saturated carbocycles. The van der Waals surface area contributed by atoms with Gasteiger partial charge >= 0.3 is 0 Å². The minimum absolute atomic E-state index is 0.191. The van der Waals surface area contributed by atoms with Crippen LogP contribution in [0.1, 0.15) is 64.2 Å². The molecule has 7 heteroatoms. The molecule has 3 bridgehead atoms. The molecule has 0 aromatic rings. The SMILES string of the molecule is O=C(C[C@H]1CC[C@]2(CC1)OO[C@]1(O2)C2CC3CC4CC1CC34C2)N1CCN(CCO)CC1. The Labute approximate surface area is 190 Å². The summed E-state index contributed by atoms with van der Waals surface area (Å²) in [6.45, 7) is 4.20. The second-order valence-electron chi connectivity index (χ2n) is 12.1. The molecule has 178 valence electrons. The van der Waals surface area contributed by atoms with Crippen LogP contribution in [-0.2, 0) is 19.3 Å². The van der Waals surface area contributed by atoms with Crippen LogP contribution >= 0.6 is 0 Å². The Morgan fingerprint density at radius 2 is 1.56 bits per heavy atom. The smallest absolute Gasteiger partial charge is 0.222 e. The van der Waals surface area contributed by atoms with Crippen molar-refractivity contribution in [2.24, 2.45) is 35.0 Å². The van der Waals surface area contributed by atoms with Gasteiger partial charge in [0.05, 0.1) is 6.61 Å². The summed E-state index contributed by atoms with van der Waals surface area (Å²) in [5.74, 6) is 2.50. The summed E-state index contributed by atoms with van der Waals surface area (Å²) >= 11 is 0. The van der Waals surface area contributed by atoms with E-state index in [1.54, 1.807) is 0 Å². The van der Waals surface area contributed by atoms with Crippen molar-refractivity contribution in [3.8, 4) is 0 Å². The Hall–Kier alpha value is -0.730. The van der Waals surface area contributed by atoms with Gasteiger partial charge in [0.1, 0.15) is 0 Å². The molecule has 7 rings (SSSR count). The predicted molar refractivity (Wildman–Crippen MR) is 115 cm³/mol. The Kier molecular flexibility index (Phi) is 4.60. The van der Waals surface area contributed by atoms with Crippen molar-refractivity contribution in [2.75, 3.05) is 39.3 Å². The Morgan fingerprint density at radius 1 is 0.906 bits per heavy atom. The van der Waals surface area contributed by atoms with Crippen molar-refractivity contribution in [3.63, 3.8) is 0 Å². The number of nitrogens with zero attached hydrogens (tertiary/aromatic N) is 2. The zero-order valence-corrected chi connectivity index (χ0v) is 19.2. The highest BCUT2D eigenvalue weighted by Gasteiger charge is 2.77. The lowest BCUT2D eigenvalue weighted by atomic mass is 9.56. The number of amides is 1. The molecule has 0 aromatic carbocycles. The lowest BCUT2D eigenvalue weighted by Gasteiger charge is -2.49. The molecule has 2 aliphatic heterocycles. The Balaban J connectivity index is 0.947. The highest BCUT2D eigenvalue weighted by molar-refractivity contribution is 5.76. The van der Waals surface area contributed by atoms with Crippen molar-refractivity contribution >= 4 is 5.91 Å². The number of piperazine rings is 1. The van der Waals surface area contributed by atoms with Gasteiger partial charge in [-0.1, -0.05) is 0 Å². The van der Waals surface area contributed by atoms with Crippen LogP contribution in [0.15, 0.2) is 0 Å². The molecule has 2 saturated heterocycles. The van der Waals surface area contributed by atoms with Crippen molar-refractivity contribution in [1.29, 1.82) is 0 Å². The fourth-order valence-corrected chi connectivity index (χ4v) is 9.13. The molecule has 3 spiro atoms. The summed E-state index contributed by atoms with van der Waals surface area (Å²) in [6, 6.07) is 0. The van der Waals surface area contributed by atoms with Crippen LogP contribution in [0, 0.1) is 35.0 Å². The van der Waals surface area contributed by atoms with Crippen LogP contribution < -0.4 is 0 Å². The topological polar surface area (TPSA) is 71.5 Å². The highest BCUT2D eigenvalue weighted by Crippen LogP contribution is 2.79. The lowest BCUT2D eigenvalue weighted by Crippen LogP contribution is -2.50. The van der Waals surface area contributed by atoms with Crippen molar-refractivity contribution in [2.45, 2.75) is 75.8 Å². The van der Waals surface area contributed by atoms with Crippen molar-refractivity contribution in [1.82, 2.24) is 9.80 Å². The molecule has 7 nitrogen and oxygen atoms in total. The summed E-state index contributed by atoms with van der Waals surface area (Å²) in [7, 11) is 0. The Bertz CT molecular complexity index is 748. The molecule has 32 heavy (non-hydrogen) atoms. The molecule has 5 aliphatic carbocycles. The lowest BCUT2D eigenvalue weighted by molar-refractivity contribution is -0.375. The number of rotatable bonds is 4. The van der Waals surface area contributed by atoms with Gasteiger partial charge in [-0.15, -0.1) is 0 Å². The zero-order chi connectivity index (χ0) is 21.6. The molecular formula is C25H38N2O5. The number of aliphatic hydroxyl groups excluding tert-OH is 1. The van der Waals surface area contributed by atoms with Crippen LogP contribution in [0.5, 0.6) is 0 Å². The molecule has 4 atom stereocenters. The minimum Gasteiger partial charge on any atom is -0.395 e. The monoisotopic (exact) mass is 446 g/mol. The molecule has 1 N–H and O–H groups in total. The van der Waals surface area contributed by atoms with Crippen LogP contribution in [0.3, 0.4) is 0 Å². The molecule has 2 heterocycles. The van der Waals surface area contributed by atoms with Gasteiger partial charge < -0.3 is 14.7 Å². The minimum atomic E-state index is -0.579. The van der Waals surface area contributed by atoms with Gasteiger partial charge in [0, 0.05) is 63.8 Å². The average Bonchev–Trinajstić information content (AvgIpc) is 3.38. The molecule has 7 fully saturated rings. The number of hydrogen-bond acceptors (Lipinski definition) is 6. The standard InChI is InChI=1S/C25H38N2O5/c28-10-9-26-5-7-27(8-6-26)22(29)11-17-1-3-24(4-2-17)30-25(32-31-24)20-13-18-12-19-14-21(25)16-23(18,19)15-20/h17-21,28H,1-16H2/t17-,18?,19?,20?,21?,23?,24+,25?. The number of carbonyl (C=O) groups excluding carboxylic acids is 1. The van der Waals surface area contributed by atoms with Gasteiger partial charge in [-0.2, -0.15) is 9.78 Å². The van der Waals surface area contributed by atoms with E-state index in [-0.39, 0.29) is 12.5 Å². The zero-order valence-electron chi connectivity index (χ0n) is 19.2. The van der Waals surface area contributed by atoms with Gasteiger partial charge in [0.15, 0.2) is 0 Å². The normalized spacial score (nSPS) is 51.5. The van der Waals surface area contributed by atoms with Crippen LogP contribution in [0.2, 0.25) is 0 Å². The van der Waals surface area contributed by atoms with E-state index in [1.807, 2.05) is 4.90 Å². The predicted octanol–water partition coefficient (Wildman–Crippen LogP) is 2.53. The van der Waals surface area contributed by atoms with Crippen LogP contribution in [0.25, 0.3) is 0 Å². The van der Waals surface area contributed by atoms with E-state index < -0.39 is 11.6 Å². The number of ether oxygens (including phenoxy) is 1. The Morgan fingerprint density at radius 3 is 2.22 bits per heavy atom. The first-order valence-corrected chi connectivity index (χ1v) is 13.2. The largest absolute Gasteiger partial charge is 0.395 e. The van der Waals surface area contributed by atoms with Gasteiger partial charge in [0.25, 0.3) is 0 Å². The van der Waals surface area contributed by atoms with Gasteiger partial charge in [-0.25, -0.2) is 0 Å². The summed E-state index contributed by atoms with van der Waals surface area (Å²) < 4.78 is 6.88. The number of carbonyl (C=O) groups is 1. The summed E-state index contributed by atoms with van der Waals surface area (Å²) in [6.07, 6.45) is 10.8. The molecule has 7 aliphatic rings. The summed E-state index contributed by atoms with van der Waals surface area (Å²) in [4.78, 5) is 29.4. The van der Waals surface area contributed by atoms with E-state index in [1.165, 1.54) is 32.1 Å². The molecular weight excluding hydrogens is 408 g/mol. The first kappa shape index (κ1) is 20.6. The maximum Gasteiger partial charge on any atom is 0.222 e. The first-order chi connectivity index (χ1) is 15.5. The maximum absolute atomic E-state index is 12.9. The van der Waals surface area contributed by atoms with Crippen LogP contribution in [-0.4, -0.2) is 71.7 Å². The number of fused-ring (bicyclic) bond motifs is 4. The van der Waals surface area contributed by atoms with Gasteiger partial charge in [0.2, 0.25) is 17.5 Å².